The maximum atomic E-state index is 12.9. The van der Waals surface area contributed by atoms with Crippen LogP contribution in [0.2, 0.25) is 0 Å². The van der Waals surface area contributed by atoms with Gasteiger partial charge < -0.3 is 13.9 Å². The van der Waals surface area contributed by atoms with Gasteiger partial charge in [-0.2, -0.15) is 0 Å². The molecule has 0 atom stereocenters. The molecule has 0 amide bonds. The number of para-hydroxylation sites is 1. The maximum absolute atomic E-state index is 12.9. The van der Waals surface area contributed by atoms with Crippen molar-refractivity contribution >= 4 is 22.5 Å². The predicted molar refractivity (Wildman–Crippen MR) is 82.6 cm³/mol. The molecule has 5 heteroatoms. The molecule has 3 aromatic rings. The second kappa shape index (κ2) is 4.71. The minimum absolute atomic E-state index is 0.0796. The van der Waals surface area contributed by atoms with Crippen LogP contribution in [0.5, 0.6) is 11.5 Å². The molecule has 23 heavy (non-hydrogen) atoms. The molecule has 1 heterocycles. The Kier molecular flexibility index (Phi) is 2.78. The highest BCUT2D eigenvalue weighted by Crippen LogP contribution is 2.39. The summed E-state index contributed by atoms with van der Waals surface area (Å²) in [7, 11) is 2.96. The molecule has 0 fully saturated rings. The topological polar surface area (TPSA) is 65.7 Å². The van der Waals surface area contributed by atoms with Crippen molar-refractivity contribution in [2.75, 3.05) is 14.2 Å². The van der Waals surface area contributed by atoms with Crippen LogP contribution in [0.25, 0.3) is 11.0 Å². The molecule has 0 aliphatic heterocycles. The molecule has 0 spiro atoms. The summed E-state index contributed by atoms with van der Waals surface area (Å²) in [5.74, 6) is 0.304. The molecule has 2 aromatic carbocycles. The minimum Gasteiger partial charge on any atom is -0.493 e. The first-order valence-corrected chi connectivity index (χ1v) is 7.02. The number of furan rings is 1. The fourth-order valence-electron chi connectivity index (χ4n) is 2.94. The van der Waals surface area contributed by atoms with Crippen molar-refractivity contribution in [2.45, 2.75) is 0 Å². The van der Waals surface area contributed by atoms with E-state index in [4.69, 9.17) is 13.9 Å². The van der Waals surface area contributed by atoms with E-state index in [-0.39, 0.29) is 22.9 Å². The van der Waals surface area contributed by atoms with E-state index in [1.807, 2.05) is 0 Å². The van der Waals surface area contributed by atoms with Gasteiger partial charge in [-0.3, -0.25) is 9.59 Å². The summed E-state index contributed by atoms with van der Waals surface area (Å²) in [6, 6.07) is 10.2. The van der Waals surface area contributed by atoms with Gasteiger partial charge >= 0.3 is 0 Å². The minimum atomic E-state index is -0.327. The van der Waals surface area contributed by atoms with E-state index in [2.05, 4.69) is 0 Å². The second-order valence-electron chi connectivity index (χ2n) is 5.21. The summed E-state index contributed by atoms with van der Waals surface area (Å²) in [6.07, 6.45) is 0. The molecule has 114 valence electrons. The van der Waals surface area contributed by atoms with Gasteiger partial charge in [0.05, 0.1) is 19.8 Å². The number of fused-ring (bicyclic) bond motifs is 4. The van der Waals surface area contributed by atoms with Crippen molar-refractivity contribution in [1.82, 2.24) is 0 Å². The SMILES string of the molecule is COc1cc2c(cc1OC)C(=O)c1c(oc3ccccc13)C2=O. The molecule has 0 N–H and O–H groups in total. The number of carbonyl (C=O) groups is 2. The Morgan fingerprint density at radius 3 is 2.13 bits per heavy atom. The van der Waals surface area contributed by atoms with Gasteiger partial charge in [0.2, 0.25) is 5.78 Å². The van der Waals surface area contributed by atoms with Crippen LogP contribution in [0, 0.1) is 0 Å². The first kappa shape index (κ1) is 13.6. The van der Waals surface area contributed by atoms with E-state index >= 15 is 0 Å². The lowest BCUT2D eigenvalue weighted by Gasteiger charge is -2.16. The fraction of sp³-hybridized carbons (Fsp3) is 0.111. The Labute approximate surface area is 131 Å². The van der Waals surface area contributed by atoms with Crippen LogP contribution < -0.4 is 9.47 Å². The van der Waals surface area contributed by atoms with Gasteiger partial charge in [-0.25, -0.2) is 0 Å². The highest BCUT2D eigenvalue weighted by Gasteiger charge is 2.36. The highest BCUT2D eigenvalue weighted by molar-refractivity contribution is 6.31. The van der Waals surface area contributed by atoms with E-state index < -0.39 is 0 Å². The number of carbonyl (C=O) groups excluding carboxylic acids is 2. The Morgan fingerprint density at radius 1 is 0.870 bits per heavy atom. The molecule has 1 aromatic heterocycles. The number of methoxy groups -OCH3 is 2. The largest absolute Gasteiger partial charge is 0.493 e. The van der Waals surface area contributed by atoms with Crippen molar-refractivity contribution in [3.8, 4) is 11.5 Å². The van der Waals surface area contributed by atoms with E-state index in [0.29, 0.717) is 33.6 Å². The zero-order valence-corrected chi connectivity index (χ0v) is 12.5. The maximum Gasteiger partial charge on any atom is 0.229 e. The van der Waals surface area contributed by atoms with Gasteiger partial charge in [0, 0.05) is 16.5 Å². The standard InChI is InChI=1S/C18H12O5/c1-21-13-7-10-11(8-14(13)22-2)17(20)18-15(16(10)19)9-5-3-4-6-12(9)23-18/h3-8H,1-2H3. The summed E-state index contributed by atoms with van der Waals surface area (Å²) < 4.78 is 16.1. The smallest absolute Gasteiger partial charge is 0.229 e. The van der Waals surface area contributed by atoms with Crippen LogP contribution in [-0.2, 0) is 0 Å². The fourth-order valence-corrected chi connectivity index (χ4v) is 2.94. The Morgan fingerprint density at radius 2 is 1.48 bits per heavy atom. The molecule has 4 rings (SSSR count). The first-order chi connectivity index (χ1) is 11.2. The van der Waals surface area contributed by atoms with Crippen LogP contribution in [0.1, 0.15) is 32.0 Å². The third-order valence-corrected chi connectivity index (χ3v) is 4.04. The molecule has 0 saturated heterocycles. The van der Waals surface area contributed by atoms with Crippen LogP contribution in [0.3, 0.4) is 0 Å². The van der Waals surface area contributed by atoms with E-state index in [1.165, 1.54) is 20.3 Å². The van der Waals surface area contributed by atoms with Crippen molar-refractivity contribution in [1.29, 1.82) is 0 Å². The van der Waals surface area contributed by atoms with Crippen LogP contribution in [-0.4, -0.2) is 25.8 Å². The predicted octanol–water partition coefficient (Wildman–Crippen LogP) is 3.23. The molecular formula is C18H12O5. The normalized spacial score (nSPS) is 13.0. The summed E-state index contributed by atoms with van der Waals surface area (Å²) in [5, 5.41) is 0.640. The number of hydrogen-bond donors (Lipinski definition) is 0. The van der Waals surface area contributed by atoms with Crippen molar-refractivity contribution < 1.29 is 23.5 Å². The average molecular weight is 308 g/mol. The molecule has 1 aliphatic rings. The second-order valence-corrected chi connectivity index (χ2v) is 5.21. The molecule has 1 aliphatic carbocycles. The number of rotatable bonds is 2. The number of ketones is 2. The van der Waals surface area contributed by atoms with Crippen LogP contribution in [0.4, 0.5) is 0 Å². The Bertz CT molecular complexity index is 980. The zero-order chi connectivity index (χ0) is 16.1. The van der Waals surface area contributed by atoms with Gasteiger partial charge in [0.1, 0.15) is 5.58 Å². The van der Waals surface area contributed by atoms with E-state index in [9.17, 15) is 9.59 Å². The lowest BCUT2D eigenvalue weighted by molar-refractivity contribution is 0.0961. The van der Waals surface area contributed by atoms with E-state index in [1.54, 1.807) is 30.3 Å². The average Bonchev–Trinajstić information content (AvgIpc) is 2.98. The van der Waals surface area contributed by atoms with Gasteiger partial charge in [0.25, 0.3) is 0 Å². The zero-order valence-electron chi connectivity index (χ0n) is 12.5. The number of ether oxygens (including phenoxy) is 2. The summed E-state index contributed by atoms with van der Waals surface area (Å²) >= 11 is 0. The van der Waals surface area contributed by atoms with Crippen molar-refractivity contribution in [3.05, 3.63) is 58.8 Å². The quantitative estimate of drug-likeness (QED) is 0.569. The monoisotopic (exact) mass is 308 g/mol. The highest BCUT2D eigenvalue weighted by atomic mass is 16.5. The third-order valence-electron chi connectivity index (χ3n) is 4.04. The summed E-state index contributed by atoms with van der Waals surface area (Å²) in [4.78, 5) is 25.6. The van der Waals surface area contributed by atoms with Gasteiger partial charge in [-0.15, -0.1) is 0 Å². The third kappa shape index (κ3) is 1.73. The van der Waals surface area contributed by atoms with Crippen LogP contribution >= 0.6 is 0 Å². The molecule has 0 unspecified atom stereocenters. The van der Waals surface area contributed by atoms with Crippen LogP contribution in [0.15, 0.2) is 40.8 Å². The molecular weight excluding hydrogens is 296 g/mol. The number of hydrogen-bond acceptors (Lipinski definition) is 5. The lowest BCUT2D eigenvalue weighted by Crippen LogP contribution is -2.19. The lowest BCUT2D eigenvalue weighted by atomic mass is 9.87. The van der Waals surface area contributed by atoms with Crippen molar-refractivity contribution in [2.24, 2.45) is 0 Å². The molecule has 0 bridgehead atoms. The van der Waals surface area contributed by atoms with Gasteiger partial charge in [-0.05, 0) is 18.2 Å². The Hall–Kier alpha value is -3.08. The molecule has 0 saturated carbocycles. The number of benzene rings is 2. The van der Waals surface area contributed by atoms with Gasteiger partial charge in [0.15, 0.2) is 23.0 Å². The first-order valence-electron chi connectivity index (χ1n) is 7.02. The Balaban J connectivity index is 2.03. The summed E-state index contributed by atoms with van der Waals surface area (Å²) in [5.41, 5.74) is 1.39. The molecule has 5 nitrogen and oxygen atoms in total. The van der Waals surface area contributed by atoms with E-state index in [0.717, 1.165) is 0 Å². The molecule has 0 radical (unpaired) electrons. The van der Waals surface area contributed by atoms with Crippen molar-refractivity contribution in [3.63, 3.8) is 0 Å². The van der Waals surface area contributed by atoms with Gasteiger partial charge in [-0.1, -0.05) is 18.2 Å². The summed E-state index contributed by atoms with van der Waals surface area (Å²) in [6.45, 7) is 0.